The number of carbonyl (C=O) groups excluding carboxylic acids is 2. The number of urea groups is 1. The van der Waals surface area contributed by atoms with E-state index in [0.29, 0.717) is 17.7 Å². The second-order valence-electron chi connectivity index (χ2n) is 7.80. The van der Waals surface area contributed by atoms with Crippen LogP contribution in [0.3, 0.4) is 0 Å². The normalized spacial score (nSPS) is 20.4. The van der Waals surface area contributed by atoms with Crippen molar-refractivity contribution in [3.8, 4) is 0 Å². The summed E-state index contributed by atoms with van der Waals surface area (Å²) in [6, 6.07) is 5.25. The van der Waals surface area contributed by atoms with Crippen molar-refractivity contribution in [3.63, 3.8) is 0 Å². The summed E-state index contributed by atoms with van der Waals surface area (Å²) in [6.07, 6.45) is 1.93. The monoisotopic (exact) mass is 402 g/mol. The number of nitrogens with zero attached hydrogens (tertiary/aromatic N) is 3. The minimum atomic E-state index is -0.547. The summed E-state index contributed by atoms with van der Waals surface area (Å²) >= 11 is 0. The molecule has 6 nitrogen and oxygen atoms in total. The standard InChI is InChI=1S/C22H31FN4O2/c1-5-26(6-2)13-7-8-15(3)27-14-18-19(21(27)28)20(24-22(29)25(18)4)16-9-11-17(23)12-10-16/h9-12,15,20H,5-8,13-14H2,1-4H3,(H,24,29)/t15-,20-/m1/s1. The van der Waals surface area contributed by atoms with E-state index in [9.17, 15) is 14.0 Å². The first-order chi connectivity index (χ1) is 13.9. The van der Waals surface area contributed by atoms with Crippen LogP contribution in [-0.2, 0) is 4.79 Å². The molecule has 0 unspecified atom stereocenters. The Bertz CT molecular complexity index is 789. The van der Waals surface area contributed by atoms with E-state index in [1.807, 2.05) is 4.90 Å². The van der Waals surface area contributed by atoms with Crippen molar-refractivity contribution in [2.45, 2.75) is 45.7 Å². The molecular formula is C22H31FN4O2. The lowest BCUT2D eigenvalue weighted by Gasteiger charge is -2.31. The summed E-state index contributed by atoms with van der Waals surface area (Å²) in [5.41, 5.74) is 2.04. The van der Waals surface area contributed by atoms with Crippen LogP contribution in [0.2, 0.25) is 0 Å². The van der Waals surface area contributed by atoms with Crippen LogP contribution in [0.15, 0.2) is 35.5 Å². The van der Waals surface area contributed by atoms with Gasteiger partial charge in [-0.3, -0.25) is 9.69 Å². The highest BCUT2D eigenvalue weighted by Crippen LogP contribution is 2.36. The van der Waals surface area contributed by atoms with Gasteiger partial charge in [0.25, 0.3) is 5.91 Å². The van der Waals surface area contributed by atoms with E-state index in [-0.39, 0.29) is 23.8 Å². The van der Waals surface area contributed by atoms with Gasteiger partial charge in [-0.05, 0) is 57.1 Å². The van der Waals surface area contributed by atoms with Crippen LogP contribution < -0.4 is 5.32 Å². The van der Waals surface area contributed by atoms with E-state index < -0.39 is 6.04 Å². The Kier molecular flexibility index (Phi) is 6.57. The third-order valence-corrected chi connectivity index (χ3v) is 6.11. The number of benzene rings is 1. The second-order valence-corrected chi connectivity index (χ2v) is 7.80. The van der Waals surface area contributed by atoms with Gasteiger partial charge in [0.05, 0.1) is 23.9 Å². The number of nitrogens with one attached hydrogen (secondary N) is 1. The van der Waals surface area contributed by atoms with Crippen LogP contribution in [0, 0.1) is 5.82 Å². The fraction of sp³-hybridized carbons (Fsp3) is 0.545. The fourth-order valence-electron chi connectivity index (χ4n) is 4.16. The number of rotatable bonds is 8. The van der Waals surface area contributed by atoms with Crippen LogP contribution in [0.4, 0.5) is 9.18 Å². The smallest absolute Gasteiger partial charge is 0.322 e. The van der Waals surface area contributed by atoms with Gasteiger partial charge >= 0.3 is 6.03 Å². The molecule has 3 amide bonds. The van der Waals surface area contributed by atoms with Crippen LogP contribution >= 0.6 is 0 Å². The first-order valence-electron chi connectivity index (χ1n) is 10.4. The largest absolute Gasteiger partial charge is 0.330 e. The molecule has 1 N–H and O–H groups in total. The summed E-state index contributed by atoms with van der Waals surface area (Å²) in [4.78, 5) is 31.5. The highest BCUT2D eigenvalue weighted by Gasteiger charge is 2.43. The number of hydrogen-bond acceptors (Lipinski definition) is 3. The van der Waals surface area contributed by atoms with Gasteiger partial charge in [0.15, 0.2) is 0 Å². The van der Waals surface area contributed by atoms with Crippen molar-refractivity contribution in [3.05, 3.63) is 46.9 Å². The number of halogens is 1. The molecule has 0 fully saturated rings. The average Bonchev–Trinajstić information content (AvgIpc) is 3.06. The summed E-state index contributed by atoms with van der Waals surface area (Å²) < 4.78 is 13.3. The highest BCUT2D eigenvalue weighted by atomic mass is 19.1. The van der Waals surface area contributed by atoms with Gasteiger partial charge in [0, 0.05) is 13.1 Å². The number of likely N-dealkylation sites (N-methyl/N-ethyl adjacent to an activating group) is 1. The minimum Gasteiger partial charge on any atom is -0.330 e. The molecule has 0 saturated carbocycles. The lowest BCUT2D eigenvalue weighted by Crippen LogP contribution is -2.45. The summed E-state index contributed by atoms with van der Waals surface area (Å²) in [5.74, 6) is -0.389. The fourth-order valence-corrected chi connectivity index (χ4v) is 4.16. The molecule has 3 rings (SSSR count). The molecule has 0 radical (unpaired) electrons. The van der Waals surface area contributed by atoms with E-state index in [4.69, 9.17) is 0 Å². The predicted octanol–water partition coefficient (Wildman–Crippen LogP) is 3.13. The van der Waals surface area contributed by atoms with E-state index in [0.717, 1.165) is 38.2 Å². The van der Waals surface area contributed by atoms with Gasteiger partial charge in [0.2, 0.25) is 0 Å². The Morgan fingerprint density at radius 3 is 2.48 bits per heavy atom. The molecule has 0 aliphatic carbocycles. The van der Waals surface area contributed by atoms with Gasteiger partial charge in [-0.25, -0.2) is 9.18 Å². The Balaban J connectivity index is 1.76. The van der Waals surface area contributed by atoms with Gasteiger partial charge in [0.1, 0.15) is 5.82 Å². The second kappa shape index (κ2) is 8.95. The van der Waals surface area contributed by atoms with E-state index in [2.05, 4.69) is 31.0 Å². The Morgan fingerprint density at radius 1 is 1.21 bits per heavy atom. The minimum absolute atomic E-state index is 0.0449. The molecule has 0 bridgehead atoms. The Morgan fingerprint density at radius 2 is 1.86 bits per heavy atom. The molecule has 158 valence electrons. The molecule has 0 aromatic heterocycles. The van der Waals surface area contributed by atoms with Gasteiger partial charge in [-0.2, -0.15) is 0 Å². The van der Waals surface area contributed by atoms with Crippen molar-refractivity contribution in [2.75, 3.05) is 33.2 Å². The van der Waals surface area contributed by atoms with Gasteiger partial charge in [-0.1, -0.05) is 26.0 Å². The zero-order valence-corrected chi connectivity index (χ0v) is 17.7. The van der Waals surface area contributed by atoms with Crippen molar-refractivity contribution >= 4 is 11.9 Å². The van der Waals surface area contributed by atoms with Crippen LogP contribution in [-0.4, -0.2) is 65.9 Å². The van der Waals surface area contributed by atoms with Crippen molar-refractivity contribution in [1.82, 2.24) is 20.0 Å². The first-order valence-corrected chi connectivity index (χ1v) is 10.4. The topological polar surface area (TPSA) is 55.9 Å². The lowest BCUT2D eigenvalue weighted by atomic mass is 9.95. The summed E-state index contributed by atoms with van der Waals surface area (Å²) in [7, 11) is 1.69. The molecule has 1 aromatic carbocycles. The summed E-state index contributed by atoms with van der Waals surface area (Å²) in [6.45, 7) is 9.89. The van der Waals surface area contributed by atoms with Crippen molar-refractivity contribution in [2.24, 2.45) is 0 Å². The lowest BCUT2D eigenvalue weighted by molar-refractivity contribution is -0.127. The molecule has 29 heavy (non-hydrogen) atoms. The Hall–Kier alpha value is -2.41. The highest BCUT2D eigenvalue weighted by molar-refractivity contribution is 6.01. The average molecular weight is 403 g/mol. The van der Waals surface area contributed by atoms with Crippen LogP contribution in [0.1, 0.15) is 45.2 Å². The maximum atomic E-state index is 13.3. The summed E-state index contributed by atoms with van der Waals surface area (Å²) in [5, 5.41) is 2.89. The molecule has 2 heterocycles. The van der Waals surface area contributed by atoms with Crippen LogP contribution in [0.5, 0.6) is 0 Å². The third kappa shape index (κ3) is 4.29. The first kappa shape index (κ1) is 21.3. The molecule has 2 atom stereocenters. The van der Waals surface area contributed by atoms with Crippen molar-refractivity contribution in [1.29, 1.82) is 0 Å². The maximum Gasteiger partial charge on any atom is 0.322 e. The molecule has 2 aliphatic rings. The van der Waals surface area contributed by atoms with Crippen LogP contribution in [0.25, 0.3) is 0 Å². The Labute approximate surface area is 172 Å². The van der Waals surface area contributed by atoms with Gasteiger partial charge < -0.3 is 15.1 Å². The molecule has 7 heteroatoms. The zero-order chi connectivity index (χ0) is 21.1. The SMILES string of the molecule is CCN(CC)CCC[C@@H](C)N1CC2=C(C1=O)[C@@H](c1ccc(F)cc1)NC(=O)N2C. The van der Waals surface area contributed by atoms with E-state index in [1.165, 1.54) is 17.0 Å². The molecule has 0 spiro atoms. The van der Waals surface area contributed by atoms with E-state index >= 15 is 0 Å². The number of carbonyl (C=O) groups is 2. The molecule has 2 aliphatic heterocycles. The molecule has 0 saturated heterocycles. The molecule has 1 aromatic rings. The number of amides is 3. The van der Waals surface area contributed by atoms with Crippen molar-refractivity contribution < 1.29 is 14.0 Å². The maximum absolute atomic E-state index is 13.3. The number of hydrogen-bond donors (Lipinski definition) is 1. The van der Waals surface area contributed by atoms with Gasteiger partial charge in [-0.15, -0.1) is 0 Å². The predicted molar refractivity (Wildman–Crippen MR) is 111 cm³/mol. The quantitative estimate of drug-likeness (QED) is 0.727. The third-order valence-electron chi connectivity index (χ3n) is 6.11. The van der Waals surface area contributed by atoms with E-state index in [1.54, 1.807) is 19.2 Å². The molecular weight excluding hydrogens is 371 g/mol. The zero-order valence-electron chi connectivity index (χ0n) is 17.7.